The summed E-state index contributed by atoms with van der Waals surface area (Å²) in [5.41, 5.74) is 4.26. The van der Waals surface area contributed by atoms with Gasteiger partial charge in [-0.25, -0.2) is 4.79 Å². The number of nitrogens with zero attached hydrogens (tertiary/aromatic N) is 1. The van der Waals surface area contributed by atoms with E-state index in [0.29, 0.717) is 18.6 Å². The van der Waals surface area contributed by atoms with Gasteiger partial charge in [0, 0.05) is 24.3 Å². The van der Waals surface area contributed by atoms with E-state index in [-0.39, 0.29) is 5.97 Å². The molecule has 0 aliphatic carbocycles. The minimum Gasteiger partial charge on any atom is -0.493 e. The molecule has 0 saturated heterocycles. The Hall–Kier alpha value is -2.53. The van der Waals surface area contributed by atoms with Crippen molar-refractivity contribution in [3.05, 3.63) is 53.1 Å². The highest BCUT2D eigenvalue weighted by Crippen LogP contribution is 2.38. The smallest absolute Gasteiger partial charge is 0.338 e. The molecule has 1 aliphatic heterocycles. The van der Waals surface area contributed by atoms with E-state index in [1.54, 1.807) is 13.8 Å². The third kappa shape index (κ3) is 4.47. The van der Waals surface area contributed by atoms with Crippen molar-refractivity contribution in [1.29, 1.82) is 0 Å². The van der Waals surface area contributed by atoms with Gasteiger partial charge in [0.05, 0.1) is 24.9 Å². The molecule has 0 bridgehead atoms. The van der Waals surface area contributed by atoms with Gasteiger partial charge in [0.25, 0.3) is 0 Å². The number of hydrogen-bond acceptors (Lipinski definition) is 5. The van der Waals surface area contributed by atoms with Crippen LogP contribution in [0.1, 0.15) is 48.2 Å². The van der Waals surface area contributed by atoms with E-state index in [0.717, 1.165) is 42.1 Å². The molecule has 1 heterocycles. The number of carbonyl (C=O) groups excluding carboxylic acids is 1. The molecule has 2 aromatic rings. The van der Waals surface area contributed by atoms with Crippen LogP contribution in [-0.4, -0.2) is 36.9 Å². The first kappa shape index (κ1) is 20.2. The Morgan fingerprint density at radius 1 is 1.18 bits per heavy atom. The Kier molecular flexibility index (Phi) is 5.94. The van der Waals surface area contributed by atoms with Crippen LogP contribution in [0.4, 0.5) is 11.4 Å². The summed E-state index contributed by atoms with van der Waals surface area (Å²) in [6.07, 6.45) is 2.64. The summed E-state index contributed by atoms with van der Waals surface area (Å²) in [5, 5.41) is 9.79. The molecule has 0 unspecified atom stereocenters. The summed E-state index contributed by atoms with van der Waals surface area (Å²) in [6, 6.07) is 11.9. The molecule has 5 heteroatoms. The third-order valence-corrected chi connectivity index (χ3v) is 5.15. The van der Waals surface area contributed by atoms with Crippen LogP contribution >= 0.6 is 0 Å². The summed E-state index contributed by atoms with van der Waals surface area (Å²) < 4.78 is 10.7. The Morgan fingerprint density at radius 2 is 1.89 bits per heavy atom. The van der Waals surface area contributed by atoms with Crippen molar-refractivity contribution in [2.24, 2.45) is 0 Å². The number of rotatable bonds is 6. The summed E-state index contributed by atoms with van der Waals surface area (Å²) in [5.74, 6) is 0.478. The predicted octanol–water partition coefficient (Wildman–Crippen LogP) is 4.41. The number of carbonyl (C=O) groups is 1. The average Bonchev–Trinajstić information content (AvgIpc) is 2.67. The normalized spacial score (nSPS) is 13.8. The molecule has 3 rings (SSSR count). The van der Waals surface area contributed by atoms with Crippen LogP contribution in [0.3, 0.4) is 0 Å². The van der Waals surface area contributed by atoms with Gasteiger partial charge in [0.15, 0.2) is 0 Å². The number of methoxy groups -OCH3 is 1. The van der Waals surface area contributed by atoms with Crippen molar-refractivity contribution in [3.8, 4) is 5.75 Å². The maximum atomic E-state index is 12.1. The highest BCUT2D eigenvalue weighted by molar-refractivity contribution is 5.94. The minimum atomic E-state index is -0.730. The number of aliphatic hydroxyl groups is 1. The van der Waals surface area contributed by atoms with Crippen LogP contribution in [0.25, 0.3) is 0 Å². The molecule has 0 spiro atoms. The fourth-order valence-corrected chi connectivity index (χ4v) is 3.60. The summed E-state index contributed by atoms with van der Waals surface area (Å²) in [7, 11) is 1.41. The molecular weight excluding hydrogens is 354 g/mol. The van der Waals surface area contributed by atoms with Crippen molar-refractivity contribution in [3.63, 3.8) is 0 Å². The number of ether oxygens (including phenoxy) is 2. The lowest BCUT2D eigenvalue weighted by molar-refractivity contribution is 0.0552. The summed E-state index contributed by atoms with van der Waals surface area (Å²) >= 11 is 0. The summed E-state index contributed by atoms with van der Waals surface area (Å²) in [6.45, 7) is 6.91. The lowest BCUT2D eigenvalue weighted by atomic mass is 9.94. The van der Waals surface area contributed by atoms with E-state index in [2.05, 4.69) is 4.90 Å². The lowest BCUT2D eigenvalue weighted by Gasteiger charge is -2.33. The summed E-state index contributed by atoms with van der Waals surface area (Å²) in [4.78, 5) is 14.4. The van der Waals surface area contributed by atoms with Crippen LogP contribution in [0.5, 0.6) is 5.75 Å². The molecule has 0 saturated carbocycles. The molecule has 0 atom stereocenters. The Labute approximate surface area is 166 Å². The molecule has 28 heavy (non-hydrogen) atoms. The number of hydrogen-bond donors (Lipinski definition) is 1. The van der Waals surface area contributed by atoms with Crippen molar-refractivity contribution in [2.45, 2.75) is 45.6 Å². The van der Waals surface area contributed by atoms with E-state index in [4.69, 9.17) is 9.47 Å². The molecule has 0 radical (unpaired) electrons. The van der Waals surface area contributed by atoms with Crippen LogP contribution < -0.4 is 9.64 Å². The van der Waals surface area contributed by atoms with E-state index >= 15 is 0 Å². The SMILES string of the molecule is COC(=O)c1ccc2c(c1C)N(c1ccc(OCCC(C)(C)O)cc1)CCC2. The van der Waals surface area contributed by atoms with Crippen molar-refractivity contribution in [2.75, 3.05) is 25.2 Å². The molecule has 0 aromatic heterocycles. The van der Waals surface area contributed by atoms with Gasteiger partial charge >= 0.3 is 5.97 Å². The van der Waals surface area contributed by atoms with Crippen LogP contribution in [-0.2, 0) is 11.2 Å². The second-order valence-electron chi connectivity index (χ2n) is 7.90. The molecule has 5 nitrogen and oxygen atoms in total. The average molecular weight is 383 g/mol. The van der Waals surface area contributed by atoms with Gasteiger partial charge < -0.3 is 19.5 Å². The first-order valence-electron chi connectivity index (χ1n) is 9.74. The quantitative estimate of drug-likeness (QED) is 0.749. The first-order valence-corrected chi connectivity index (χ1v) is 9.74. The zero-order valence-corrected chi connectivity index (χ0v) is 17.1. The van der Waals surface area contributed by atoms with Gasteiger partial charge in [0.2, 0.25) is 0 Å². The number of fused-ring (bicyclic) bond motifs is 1. The predicted molar refractivity (Wildman–Crippen MR) is 111 cm³/mol. The van der Waals surface area contributed by atoms with E-state index in [9.17, 15) is 9.90 Å². The van der Waals surface area contributed by atoms with Gasteiger partial charge in [-0.05, 0) is 75.1 Å². The van der Waals surface area contributed by atoms with Crippen molar-refractivity contribution in [1.82, 2.24) is 0 Å². The highest BCUT2D eigenvalue weighted by Gasteiger charge is 2.24. The van der Waals surface area contributed by atoms with Crippen molar-refractivity contribution < 1.29 is 19.4 Å². The Morgan fingerprint density at radius 3 is 2.54 bits per heavy atom. The van der Waals surface area contributed by atoms with E-state index < -0.39 is 5.60 Å². The zero-order valence-electron chi connectivity index (χ0n) is 17.1. The second-order valence-corrected chi connectivity index (χ2v) is 7.90. The molecule has 0 fully saturated rings. The molecule has 1 N–H and O–H groups in total. The van der Waals surface area contributed by atoms with Gasteiger partial charge in [-0.2, -0.15) is 0 Å². The maximum Gasteiger partial charge on any atom is 0.338 e. The zero-order chi connectivity index (χ0) is 20.3. The Bertz CT molecular complexity index is 837. The van der Waals surface area contributed by atoms with Crippen LogP contribution in [0.15, 0.2) is 36.4 Å². The fourth-order valence-electron chi connectivity index (χ4n) is 3.60. The minimum absolute atomic E-state index is 0.304. The molecule has 2 aromatic carbocycles. The fraction of sp³-hybridized carbons (Fsp3) is 0.435. The monoisotopic (exact) mass is 383 g/mol. The Balaban J connectivity index is 1.83. The lowest BCUT2D eigenvalue weighted by Crippen LogP contribution is -2.26. The third-order valence-electron chi connectivity index (χ3n) is 5.15. The van der Waals surface area contributed by atoms with Gasteiger partial charge in [-0.3, -0.25) is 0 Å². The van der Waals surface area contributed by atoms with Crippen LogP contribution in [0.2, 0.25) is 0 Å². The van der Waals surface area contributed by atoms with Gasteiger partial charge in [-0.1, -0.05) is 6.07 Å². The molecule has 0 amide bonds. The largest absolute Gasteiger partial charge is 0.493 e. The number of aryl methyl sites for hydroxylation is 1. The van der Waals surface area contributed by atoms with Gasteiger partial charge in [0.1, 0.15) is 5.75 Å². The second kappa shape index (κ2) is 8.23. The molecule has 1 aliphatic rings. The first-order chi connectivity index (χ1) is 13.3. The number of esters is 1. The topological polar surface area (TPSA) is 59.0 Å². The maximum absolute atomic E-state index is 12.1. The molecule has 150 valence electrons. The van der Waals surface area contributed by atoms with Crippen LogP contribution in [0, 0.1) is 6.92 Å². The molecular formula is C23H29NO4. The van der Waals surface area contributed by atoms with Gasteiger partial charge in [-0.15, -0.1) is 0 Å². The number of anilines is 2. The van der Waals surface area contributed by atoms with E-state index in [1.807, 2.05) is 43.3 Å². The van der Waals surface area contributed by atoms with E-state index in [1.165, 1.54) is 12.7 Å². The van der Waals surface area contributed by atoms with Crippen molar-refractivity contribution >= 4 is 17.3 Å². The standard InChI is InChI=1S/C23H29NO4/c1-16-20(22(25)27-4)12-7-17-6-5-14-24(21(16)17)18-8-10-19(11-9-18)28-15-13-23(2,3)26/h7-12,26H,5-6,13-15H2,1-4H3. The highest BCUT2D eigenvalue weighted by atomic mass is 16.5. The number of benzene rings is 2.